The second-order valence-electron chi connectivity index (χ2n) is 4.43. The van der Waals surface area contributed by atoms with Crippen LogP contribution >= 0.6 is 15.9 Å². The van der Waals surface area contributed by atoms with Crippen molar-refractivity contribution in [3.8, 4) is 0 Å². The third-order valence-corrected chi connectivity index (χ3v) is 3.97. The average Bonchev–Trinajstić information content (AvgIpc) is 2.18. The molecule has 1 unspecified atom stereocenters. The van der Waals surface area contributed by atoms with E-state index in [4.69, 9.17) is 0 Å². The number of carbonyl (C=O) groups is 1. The molecule has 0 radical (unpaired) electrons. The van der Waals surface area contributed by atoms with E-state index in [0.29, 0.717) is 5.56 Å². The van der Waals surface area contributed by atoms with Crippen LogP contribution in [-0.2, 0) is 9.84 Å². The first-order valence-corrected chi connectivity index (χ1v) is 8.29. The summed E-state index contributed by atoms with van der Waals surface area (Å²) in [6.07, 6.45) is 1.15. The van der Waals surface area contributed by atoms with Gasteiger partial charge in [0.1, 0.15) is 9.84 Å². The van der Waals surface area contributed by atoms with Crippen LogP contribution in [-0.4, -0.2) is 32.4 Å². The van der Waals surface area contributed by atoms with Gasteiger partial charge in [-0.2, -0.15) is 0 Å². The lowest BCUT2D eigenvalue weighted by molar-refractivity contribution is 0.0943. The summed E-state index contributed by atoms with van der Waals surface area (Å²) < 4.78 is 23.1. The van der Waals surface area contributed by atoms with Crippen molar-refractivity contribution >= 4 is 31.7 Å². The van der Waals surface area contributed by atoms with E-state index in [-0.39, 0.29) is 11.7 Å². The number of rotatable bonds is 4. The van der Waals surface area contributed by atoms with Crippen LogP contribution in [0, 0.1) is 6.92 Å². The maximum absolute atomic E-state index is 12.0. The minimum Gasteiger partial charge on any atom is -0.349 e. The van der Waals surface area contributed by atoms with Gasteiger partial charge < -0.3 is 5.32 Å². The molecule has 1 atom stereocenters. The number of hydrogen-bond donors (Lipinski definition) is 1. The zero-order valence-electron chi connectivity index (χ0n) is 10.5. The normalized spacial score (nSPS) is 13.1. The highest BCUT2D eigenvalue weighted by molar-refractivity contribution is 9.10. The van der Waals surface area contributed by atoms with E-state index in [1.807, 2.05) is 19.1 Å². The fourth-order valence-electron chi connectivity index (χ4n) is 1.64. The number of aryl methyl sites for hydroxylation is 1. The smallest absolute Gasteiger partial charge is 0.251 e. The van der Waals surface area contributed by atoms with Crippen molar-refractivity contribution in [1.82, 2.24) is 5.32 Å². The summed E-state index contributed by atoms with van der Waals surface area (Å²) in [5.41, 5.74) is 1.40. The Morgan fingerprint density at radius 2 is 2.06 bits per heavy atom. The second kappa shape index (κ2) is 5.84. The van der Waals surface area contributed by atoms with Gasteiger partial charge in [-0.05, 0) is 31.5 Å². The molecule has 6 heteroatoms. The molecule has 1 amide bonds. The molecule has 1 aromatic rings. The average molecular weight is 334 g/mol. The van der Waals surface area contributed by atoms with E-state index in [1.54, 1.807) is 13.0 Å². The molecule has 0 fully saturated rings. The fraction of sp³-hybridized carbons (Fsp3) is 0.417. The summed E-state index contributed by atoms with van der Waals surface area (Å²) in [5.74, 6) is -0.323. The zero-order valence-corrected chi connectivity index (χ0v) is 12.9. The number of amides is 1. The Morgan fingerprint density at radius 3 is 2.61 bits per heavy atom. The van der Waals surface area contributed by atoms with Gasteiger partial charge in [-0.25, -0.2) is 8.42 Å². The molecule has 0 aliphatic rings. The third kappa shape index (κ3) is 4.78. The molecule has 0 saturated heterocycles. The SMILES string of the molecule is Cc1ccc(Br)cc1C(=O)NC(C)CS(C)(=O)=O. The van der Waals surface area contributed by atoms with Gasteiger partial charge in [0.15, 0.2) is 0 Å². The first-order valence-electron chi connectivity index (χ1n) is 5.44. The van der Waals surface area contributed by atoms with Crippen molar-refractivity contribution in [2.75, 3.05) is 12.0 Å². The number of sulfone groups is 1. The molecule has 100 valence electrons. The monoisotopic (exact) mass is 333 g/mol. The van der Waals surface area contributed by atoms with Crippen LogP contribution in [0.25, 0.3) is 0 Å². The highest BCUT2D eigenvalue weighted by Crippen LogP contribution is 2.16. The minimum atomic E-state index is -3.09. The Morgan fingerprint density at radius 1 is 1.44 bits per heavy atom. The van der Waals surface area contributed by atoms with Gasteiger partial charge in [-0.15, -0.1) is 0 Å². The number of nitrogens with one attached hydrogen (secondary N) is 1. The number of halogens is 1. The number of carbonyl (C=O) groups excluding carboxylic acids is 1. The molecular weight excluding hydrogens is 318 g/mol. The first kappa shape index (κ1) is 15.2. The van der Waals surface area contributed by atoms with Gasteiger partial charge in [-0.1, -0.05) is 22.0 Å². The van der Waals surface area contributed by atoms with Gasteiger partial charge >= 0.3 is 0 Å². The number of hydrogen-bond acceptors (Lipinski definition) is 3. The van der Waals surface area contributed by atoms with Gasteiger partial charge in [0, 0.05) is 22.3 Å². The lowest BCUT2D eigenvalue weighted by atomic mass is 10.1. The van der Waals surface area contributed by atoms with Gasteiger partial charge in [-0.3, -0.25) is 4.79 Å². The van der Waals surface area contributed by atoms with Crippen LogP contribution in [0.1, 0.15) is 22.8 Å². The van der Waals surface area contributed by atoms with Crippen molar-refractivity contribution in [3.63, 3.8) is 0 Å². The lowest BCUT2D eigenvalue weighted by Gasteiger charge is -2.14. The van der Waals surface area contributed by atoms with Crippen molar-refractivity contribution < 1.29 is 13.2 Å². The topological polar surface area (TPSA) is 63.2 Å². The predicted molar refractivity (Wildman–Crippen MR) is 75.5 cm³/mol. The minimum absolute atomic E-state index is 0.0637. The molecule has 18 heavy (non-hydrogen) atoms. The van der Waals surface area contributed by atoms with Crippen LogP contribution in [0.3, 0.4) is 0 Å². The maximum Gasteiger partial charge on any atom is 0.251 e. The molecule has 0 bridgehead atoms. The summed E-state index contributed by atoms with van der Waals surface area (Å²) in [4.78, 5) is 12.0. The lowest BCUT2D eigenvalue weighted by Crippen LogP contribution is -2.37. The van der Waals surface area contributed by atoms with E-state index >= 15 is 0 Å². The second-order valence-corrected chi connectivity index (χ2v) is 7.53. The summed E-state index contributed by atoms with van der Waals surface area (Å²) in [6.45, 7) is 3.51. The molecule has 0 aromatic heterocycles. The van der Waals surface area contributed by atoms with Crippen LogP contribution in [0.5, 0.6) is 0 Å². The highest BCUT2D eigenvalue weighted by atomic mass is 79.9. The summed E-state index contributed by atoms with van der Waals surface area (Å²) in [7, 11) is -3.09. The van der Waals surface area contributed by atoms with Gasteiger partial charge in [0.25, 0.3) is 5.91 Å². The van der Waals surface area contributed by atoms with E-state index in [9.17, 15) is 13.2 Å². The van der Waals surface area contributed by atoms with Gasteiger partial charge in [0.05, 0.1) is 5.75 Å². The van der Waals surface area contributed by atoms with Crippen LogP contribution in [0.2, 0.25) is 0 Å². The third-order valence-electron chi connectivity index (χ3n) is 2.37. The van der Waals surface area contributed by atoms with E-state index in [0.717, 1.165) is 16.3 Å². The van der Waals surface area contributed by atoms with E-state index in [2.05, 4.69) is 21.2 Å². The Kier molecular flexibility index (Phi) is 4.92. The van der Waals surface area contributed by atoms with Crippen molar-refractivity contribution in [1.29, 1.82) is 0 Å². The summed E-state index contributed by atoms with van der Waals surface area (Å²) in [6, 6.07) is 5.00. The van der Waals surface area contributed by atoms with Gasteiger partial charge in [0.2, 0.25) is 0 Å². The van der Waals surface area contributed by atoms with Crippen molar-refractivity contribution in [2.24, 2.45) is 0 Å². The molecule has 1 N–H and O–H groups in total. The van der Waals surface area contributed by atoms with E-state index < -0.39 is 15.9 Å². The molecule has 0 aliphatic heterocycles. The van der Waals surface area contributed by atoms with Crippen LogP contribution in [0.15, 0.2) is 22.7 Å². The Hall–Kier alpha value is -0.880. The molecule has 1 aromatic carbocycles. The largest absolute Gasteiger partial charge is 0.349 e. The molecular formula is C12H16BrNO3S. The Balaban J connectivity index is 2.80. The number of benzene rings is 1. The fourth-order valence-corrected chi connectivity index (χ4v) is 2.99. The van der Waals surface area contributed by atoms with Crippen molar-refractivity contribution in [2.45, 2.75) is 19.9 Å². The molecule has 1 rings (SSSR count). The first-order chi connectivity index (χ1) is 8.19. The highest BCUT2D eigenvalue weighted by Gasteiger charge is 2.15. The Bertz CT molecular complexity index is 554. The molecule has 0 aliphatic carbocycles. The standard InChI is InChI=1S/C12H16BrNO3S/c1-8-4-5-10(13)6-11(8)12(15)14-9(2)7-18(3,16)17/h4-6,9H,7H2,1-3H3,(H,14,15). The molecule has 0 heterocycles. The predicted octanol–water partition coefficient (Wildman–Crippen LogP) is 1.92. The molecule has 0 saturated carbocycles. The van der Waals surface area contributed by atoms with Crippen molar-refractivity contribution in [3.05, 3.63) is 33.8 Å². The summed E-state index contributed by atoms with van der Waals surface area (Å²) in [5, 5.41) is 2.68. The van der Waals surface area contributed by atoms with Crippen LogP contribution < -0.4 is 5.32 Å². The quantitative estimate of drug-likeness (QED) is 0.915. The maximum atomic E-state index is 12.0. The molecule has 0 spiro atoms. The zero-order chi connectivity index (χ0) is 13.9. The molecule has 4 nitrogen and oxygen atoms in total. The Labute approximate surface area is 116 Å². The van der Waals surface area contributed by atoms with Crippen LogP contribution in [0.4, 0.5) is 0 Å². The van der Waals surface area contributed by atoms with E-state index in [1.165, 1.54) is 0 Å². The summed E-state index contributed by atoms with van der Waals surface area (Å²) >= 11 is 3.30.